The van der Waals surface area contributed by atoms with Crippen LogP contribution in [0.3, 0.4) is 0 Å². The zero-order chi connectivity index (χ0) is 25.4. The number of imidazole rings is 1. The van der Waals surface area contributed by atoms with Gasteiger partial charge in [-0.1, -0.05) is 13.3 Å². The average Bonchev–Trinajstić information content (AvgIpc) is 3.29. The van der Waals surface area contributed by atoms with Gasteiger partial charge in [0.05, 0.1) is 35.4 Å². The van der Waals surface area contributed by atoms with Gasteiger partial charge in [-0.2, -0.15) is 0 Å². The summed E-state index contributed by atoms with van der Waals surface area (Å²) in [6, 6.07) is 4.13. The molecule has 1 saturated carbocycles. The number of aromatic nitrogens is 4. The molecule has 1 aliphatic carbocycles. The molecule has 4 atom stereocenters. The highest BCUT2D eigenvalue weighted by molar-refractivity contribution is 5.95. The zero-order valence-corrected chi connectivity index (χ0v) is 21.1. The number of benzene rings is 1. The van der Waals surface area contributed by atoms with Crippen LogP contribution in [0.2, 0.25) is 0 Å². The van der Waals surface area contributed by atoms with Crippen LogP contribution in [0, 0.1) is 5.92 Å². The summed E-state index contributed by atoms with van der Waals surface area (Å²) in [6.45, 7) is 4.17. The summed E-state index contributed by atoms with van der Waals surface area (Å²) < 4.78 is 7.37. The molecule has 1 fully saturated rings. The Morgan fingerprint density at radius 3 is 2.78 bits per heavy atom. The smallest absolute Gasteiger partial charge is 0.414 e. The van der Waals surface area contributed by atoms with Crippen molar-refractivity contribution in [2.24, 2.45) is 5.92 Å². The summed E-state index contributed by atoms with van der Waals surface area (Å²) in [7, 11) is 1.41. The summed E-state index contributed by atoms with van der Waals surface area (Å²) >= 11 is 0. The van der Waals surface area contributed by atoms with E-state index in [9.17, 15) is 14.7 Å². The number of methoxy groups -OCH3 is 1. The molecule has 9 heteroatoms. The monoisotopic (exact) mass is 491 g/mol. The van der Waals surface area contributed by atoms with Gasteiger partial charge in [0.1, 0.15) is 5.82 Å². The molecule has 0 bridgehead atoms. The third kappa shape index (κ3) is 4.31. The summed E-state index contributed by atoms with van der Waals surface area (Å²) in [4.78, 5) is 40.1. The molecule has 1 aliphatic heterocycles. The van der Waals surface area contributed by atoms with Crippen molar-refractivity contribution in [3.05, 3.63) is 47.8 Å². The third-order valence-electron chi connectivity index (χ3n) is 7.79. The zero-order valence-electron chi connectivity index (χ0n) is 21.1. The number of fused-ring (bicyclic) bond motifs is 3. The highest BCUT2D eigenvalue weighted by atomic mass is 16.5. The van der Waals surface area contributed by atoms with E-state index in [2.05, 4.69) is 21.5 Å². The Kier molecular flexibility index (Phi) is 6.64. The van der Waals surface area contributed by atoms with Crippen molar-refractivity contribution in [2.45, 2.75) is 76.8 Å². The van der Waals surface area contributed by atoms with E-state index in [0.29, 0.717) is 19.3 Å². The molecule has 5 rings (SSSR count). The maximum atomic E-state index is 12.6. The van der Waals surface area contributed by atoms with E-state index in [-0.39, 0.29) is 30.0 Å². The van der Waals surface area contributed by atoms with Crippen molar-refractivity contribution in [2.75, 3.05) is 12.0 Å². The predicted molar refractivity (Wildman–Crippen MR) is 135 cm³/mol. The van der Waals surface area contributed by atoms with Crippen LogP contribution in [-0.4, -0.2) is 49.8 Å². The lowest BCUT2D eigenvalue weighted by molar-refractivity contribution is -0.143. The lowest BCUT2D eigenvalue weighted by Crippen LogP contribution is -2.42. The normalized spacial score (nSPS) is 22.8. The number of aryl methyl sites for hydroxylation is 1. The van der Waals surface area contributed by atoms with Crippen LogP contribution in [0.25, 0.3) is 11.0 Å². The number of amides is 1. The standard InChI is InChI=1S/C27H33N5O4/c1-16(13-19-15-28-11-12-29-19)25-30-24-21-8-7-17(2)31(27(35)36-3)22(21)9-10-23(24)32(25)20-6-4-5-18(14-20)26(33)34/h9-12,15-18,20H,4-8,13-14H2,1-3H3,(H,33,34)/t16?,17?,18-,20-/m1/s1. The Balaban J connectivity index is 1.64. The van der Waals surface area contributed by atoms with Gasteiger partial charge in [-0.05, 0) is 51.2 Å². The maximum absolute atomic E-state index is 12.6. The summed E-state index contributed by atoms with van der Waals surface area (Å²) in [6.07, 6.45) is 10.2. The van der Waals surface area contributed by atoms with Gasteiger partial charge in [0.25, 0.3) is 0 Å². The van der Waals surface area contributed by atoms with Crippen molar-refractivity contribution >= 4 is 28.8 Å². The molecule has 0 saturated heterocycles. The quantitative estimate of drug-likeness (QED) is 0.541. The molecule has 1 aromatic carbocycles. The number of hydrogen-bond acceptors (Lipinski definition) is 6. The fraction of sp³-hybridized carbons (Fsp3) is 0.519. The summed E-state index contributed by atoms with van der Waals surface area (Å²) in [5, 5.41) is 9.74. The first kappa shape index (κ1) is 24.2. The second kappa shape index (κ2) is 9.87. The molecule has 3 aromatic rings. The fourth-order valence-electron chi connectivity index (χ4n) is 5.99. The van der Waals surface area contributed by atoms with Crippen LogP contribution in [0.15, 0.2) is 30.7 Å². The summed E-state index contributed by atoms with van der Waals surface area (Å²) in [5.74, 6) is -0.0893. The lowest BCUT2D eigenvalue weighted by Gasteiger charge is -2.34. The molecule has 36 heavy (non-hydrogen) atoms. The van der Waals surface area contributed by atoms with Crippen molar-refractivity contribution < 1.29 is 19.4 Å². The van der Waals surface area contributed by atoms with E-state index < -0.39 is 5.97 Å². The van der Waals surface area contributed by atoms with Crippen molar-refractivity contribution in [1.82, 2.24) is 19.5 Å². The van der Waals surface area contributed by atoms with Crippen LogP contribution in [0.5, 0.6) is 0 Å². The number of carboxylic acids is 1. The van der Waals surface area contributed by atoms with Gasteiger partial charge in [0.15, 0.2) is 0 Å². The first-order valence-electron chi connectivity index (χ1n) is 12.8. The van der Waals surface area contributed by atoms with Gasteiger partial charge in [-0.3, -0.25) is 19.7 Å². The van der Waals surface area contributed by atoms with Crippen LogP contribution in [-0.2, 0) is 22.4 Å². The topological polar surface area (TPSA) is 110 Å². The molecule has 190 valence electrons. The molecule has 2 aliphatic rings. The van der Waals surface area contributed by atoms with E-state index in [4.69, 9.17) is 9.72 Å². The van der Waals surface area contributed by atoms with Crippen molar-refractivity contribution in [3.8, 4) is 0 Å². The molecule has 1 N–H and O–H groups in total. The average molecular weight is 492 g/mol. The Morgan fingerprint density at radius 2 is 2.06 bits per heavy atom. The third-order valence-corrected chi connectivity index (χ3v) is 7.79. The molecule has 3 heterocycles. The number of carbonyl (C=O) groups is 2. The Hall–Kier alpha value is -3.49. The Morgan fingerprint density at radius 1 is 1.22 bits per heavy atom. The van der Waals surface area contributed by atoms with Gasteiger partial charge in [0.2, 0.25) is 0 Å². The number of rotatable bonds is 5. The minimum Gasteiger partial charge on any atom is -0.481 e. The molecular formula is C27H33N5O4. The maximum Gasteiger partial charge on any atom is 0.414 e. The summed E-state index contributed by atoms with van der Waals surface area (Å²) in [5.41, 5.74) is 4.69. The molecular weight excluding hydrogens is 458 g/mol. The van der Waals surface area contributed by atoms with Crippen LogP contribution in [0.4, 0.5) is 10.5 Å². The van der Waals surface area contributed by atoms with E-state index in [1.54, 1.807) is 23.5 Å². The number of aliphatic carboxylic acids is 1. The fourth-order valence-corrected chi connectivity index (χ4v) is 5.99. The van der Waals surface area contributed by atoms with E-state index >= 15 is 0 Å². The number of anilines is 1. The van der Waals surface area contributed by atoms with Crippen LogP contribution >= 0.6 is 0 Å². The largest absolute Gasteiger partial charge is 0.481 e. The highest BCUT2D eigenvalue weighted by Crippen LogP contribution is 2.42. The minimum atomic E-state index is -0.724. The SMILES string of the molecule is COC(=O)N1c2ccc3c(nc(C(C)Cc4cnccn4)n3[C@@H]3CCC[C@@H](C(=O)O)C3)c2CCC1C. The number of ether oxygens (including phenoxy) is 1. The Labute approximate surface area is 210 Å². The van der Waals surface area contributed by atoms with Crippen LogP contribution in [0.1, 0.15) is 75.0 Å². The van der Waals surface area contributed by atoms with E-state index in [1.807, 2.05) is 19.1 Å². The van der Waals surface area contributed by atoms with Gasteiger partial charge in [-0.25, -0.2) is 9.78 Å². The van der Waals surface area contributed by atoms with Crippen molar-refractivity contribution in [1.29, 1.82) is 0 Å². The van der Waals surface area contributed by atoms with E-state index in [0.717, 1.165) is 59.5 Å². The van der Waals surface area contributed by atoms with E-state index in [1.165, 1.54) is 7.11 Å². The molecule has 2 aromatic heterocycles. The lowest BCUT2D eigenvalue weighted by atomic mass is 9.85. The highest BCUT2D eigenvalue weighted by Gasteiger charge is 2.35. The second-order valence-electron chi connectivity index (χ2n) is 10.2. The molecule has 0 radical (unpaired) electrons. The minimum absolute atomic E-state index is 0.0363. The van der Waals surface area contributed by atoms with Gasteiger partial charge >= 0.3 is 12.1 Å². The van der Waals surface area contributed by atoms with Crippen LogP contribution < -0.4 is 4.90 Å². The molecule has 9 nitrogen and oxygen atoms in total. The van der Waals surface area contributed by atoms with Gasteiger partial charge < -0.3 is 14.4 Å². The Bertz CT molecular complexity index is 1270. The molecule has 2 unspecified atom stereocenters. The molecule has 1 amide bonds. The number of nitrogens with zero attached hydrogens (tertiary/aromatic N) is 5. The first-order valence-corrected chi connectivity index (χ1v) is 12.8. The van der Waals surface area contributed by atoms with Gasteiger partial charge in [-0.15, -0.1) is 0 Å². The predicted octanol–water partition coefficient (Wildman–Crippen LogP) is 4.90. The molecule has 0 spiro atoms. The number of carboxylic acid groups (broad SMARTS) is 1. The first-order chi connectivity index (χ1) is 17.4. The number of carbonyl (C=O) groups excluding carboxylic acids is 1. The van der Waals surface area contributed by atoms with Gasteiger partial charge in [0, 0.05) is 48.6 Å². The number of hydrogen-bond donors (Lipinski definition) is 1. The second-order valence-corrected chi connectivity index (χ2v) is 10.2. The van der Waals surface area contributed by atoms with Crippen molar-refractivity contribution in [3.63, 3.8) is 0 Å².